The van der Waals surface area contributed by atoms with Gasteiger partial charge in [0.25, 0.3) is 0 Å². The van der Waals surface area contributed by atoms with E-state index in [4.69, 9.17) is 5.73 Å². The minimum Gasteiger partial charge on any atom is -0.368 e. The molecule has 116 valence electrons. The van der Waals surface area contributed by atoms with Crippen LogP contribution in [0.1, 0.15) is 38.5 Å². The van der Waals surface area contributed by atoms with E-state index in [1.54, 1.807) is 0 Å². The Morgan fingerprint density at radius 2 is 2.15 bits per heavy atom. The molecule has 1 heterocycles. The lowest BCUT2D eigenvalue weighted by Gasteiger charge is -2.44. The van der Waals surface area contributed by atoms with E-state index in [0.29, 0.717) is 12.1 Å². The summed E-state index contributed by atoms with van der Waals surface area (Å²) >= 11 is 0. The number of carbonyl (C=O) groups is 1. The Morgan fingerprint density at radius 3 is 2.75 bits per heavy atom. The number of hydrogen-bond acceptors (Lipinski definition) is 4. The summed E-state index contributed by atoms with van der Waals surface area (Å²) in [7, 11) is 6.14. The highest BCUT2D eigenvalue weighted by Crippen LogP contribution is 2.34. The van der Waals surface area contributed by atoms with Gasteiger partial charge in [0.15, 0.2) is 0 Å². The number of primary amides is 1. The van der Waals surface area contributed by atoms with Gasteiger partial charge in [-0.3, -0.25) is 9.69 Å². The molecule has 0 spiro atoms. The van der Waals surface area contributed by atoms with Crippen molar-refractivity contribution in [1.82, 2.24) is 15.1 Å². The Kier molecular flexibility index (Phi) is 5.04. The molecule has 0 aromatic rings. The van der Waals surface area contributed by atoms with Crippen molar-refractivity contribution in [3.63, 3.8) is 0 Å². The van der Waals surface area contributed by atoms with Crippen molar-refractivity contribution in [3.8, 4) is 0 Å². The lowest BCUT2D eigenvalue weighted by atomic mass is 9.77. The van der Waals surface area contributed by atoms with E-state index in [2.05, 4.69) is 29.2 Å². The SMILES string of the molecule is CNC1(C(N)=O)CCCC(N2CCCC2CN(C)C)C1. The first-order chi connectivity index (χ1) is 9.48. The third-order valence-electron chi connectivity index (χ3n) is 5.14. The van der Waals surface area contributed by atoms with E-state index in [-0.39, 0.29) is 5.91 Å². The van der Waals surface area contributed by atoms with Gasteiger partial charge in [0.2, 0.25) is 5.91 Å². The van der Waals surface area contributed by atoms with E-state index >= 15 is 0 Å². The zero-order valence-corrected chi connectivity index (χ0v) is 13.2. The van der Waals surface area contributed by atoms with Gasteiger partial charge in [0.1, 0.15) is 0 Å². The van der Waals surface area contributed by atoms with Gasteiger partial charge in [-0.25, -0.2) is 0 Å². The summed E-state index contributed by atoms with van der Waals surface area (Å²) in [6.07, 6.45) is 6.57. The van der Waals surface area contributed by atoms with Crippen molar-refractivity contribution in [2.75, 3.05) is 34.2 Å². The molecule has 1 saturated carbocycles. The van der Waals surface area contributed by atoms with Crippen LogP contribution >= 0.6 is 0 Å². The summed E-state index contributed by atoms with van der Waals surface area (Å²) in [5.41, 5.74) is 5.17. The Balaban J connectivity index is 2.06. The fourth-order valence-corrected chi connectivity index (χ4v) is 4.06. The Bertz CT molecular complexity index is 347. The molecule has 5 heteroatoms. The molecule has 1 amide bonds. The van der Waals surface area contributed by atoms with Crippen LogP contribution in [-0.2, 0) is 4.79 Å². The fraction of sp³-hybridized carbons (Fsp3) is 0.933. The van der Waals surface area contributed by atoms with Crippen LogP contribution in [0.4, 0.5) is 0 Å². The number of nitrogens with zero attached hydrogens (tertiary/aromatic N) is 2. The van der Waals surface area contributed by atoms with Crippen LogP contribution in [-0.4, -0.2) is 67.6 Å². The molecule has 2 aliphatic rings. The minimum absolute atomic E-state index is 0.187. The Hall–Kier alpha value is -0.650. The van der Waals surface area contributed by atoms with Gasteiger partial charge in [-0.1, -0.05) is 0 Å². The molecule has 1 aliphatic heterocycles. The third-order valence-corrected chi connectivity index (χ3v) is 5.14. The van der Waals surface area contributed by atoms with Crippen molar-refractivity contribution in [2.45, 2.75) is 56.1 Å². The standard InChI is InChI=1S/C15H30N4O/c1-17-15(14(16)20)8-4-6-12(10-15)19-9-5-7-13(19)11-18(2)3/h12-13,17H,4-11H2,1-3H3,(H2,16,20). The van der Waals surface area contributed by atoms with Crippen LogP contribution in [0, 0.1) is 0 Å². The normalized spacial score (nSPS) is 35.6. The average molecular weight is 282 g/mol. The monoisotopic (exact) mass is 282 g/mol. The molecule has 20 heavy (non-hydrogen) atoms. The summed E-state index contributed by atoms with van der Waals surface area (Å²) < 4.78 is 0. The van der Waals surface area contributed by atoms with Crippen LogP contribution in [0.25, 0.3) is 0 Å². The molecule has 0 aromatic heterocycles. The topological polar surface area (TPSA) is 61.6 Å². The van der Waals surface area contributed by atoms with Crippen molar-refractivity contribution in [1.29, 1.82) is 0 Å². The highest BCUT2D eigenvalue weighted by atomic mass is 16.1. The maximum atomic E-state index is 11.9. The first-order valence-electron chi connectivity index (χ1n) is 7.88. The molecule has 0 aromatic carbocycles. The molecule has 1 aliphatic carbocycles. The van der Waals surface area contributed by atoms with E-state index in [1.165, 1.54) is 25.8 Å². The predicted octanol–water partition coefficient (Wildman–Crippen LogP) is 0.399. The highest BCUT2D eigenvalue weighted by Gasteiger charge is 2.43. The second-order valence-electron chi connectivity index (χ2n) is 6.74. The van der Waals surface area contributed by atoms with E-state index in [9.17, 15) is 4.79 Å². The number of nitrogens with two attached hydrogens (primary N) is 1. The number of nitrogens with one attached hydrogen (secondary N) is 1. The van der Waals surface area contributed by atoms with Crippen LogP contribution in [0.2, 0.25) is 0 Å². The molecular formula is C15H30N4O. The van der Waals surface area contributed by atoms with Crippen molar-refractivity contribution in [2.24, 2.45) is 5.73 Å². The van der Waals surface area contributed by atoms with Gasteiger partial charge in [0.05, 0.1) is 5.54 Å². The maximum Gasteiger partial charge on any atom is 0.237 e. The number of likely N-dealkylation sites (tertiary alicyclic amines) is 1. The summed E-state index contributed by atoms with van der Waals surface area (Å²) in [4.78, 5) is 16.8. The molecule has 2 fully saturated rings. The number of amides is 1. The van der Waals surface area contributed by atoms with Crippen molar-refractivity contribution in [3.05, 3.63) is 0 Å². The number of rotatable bonds is 5. The van der Waals surface area contributed by atoms with E-state index < -0.39 is 5.54 Å². The van der Waals surface area contributed by atoms with E-state index in [1.807, 2.05) is 7.05 Å². The predicted molar refractivity (Wildman–Crippen MR) is 81.5 cm³/mol. The van der Waals surface area contributed by atoms with E-state index in [0.717, 1.165) is 25.8 Å². The van der Waals surface area contributed by atoms with Crippen LogP contribution in [0.5, 0.6) is 0 Å². The summed E-state index contributed by atoms with van der Waals surface area (Å²) in [5, 5.41) is 3.21. The van der Waals surface area contributed by atoms with Gasteiger partial charge in [-0.2, -0.15) is 0 Å². The first-order valence-corrected chi connectivity index (χ1v) is 7.88. The molecule has 0 radical (unpaired) electrons. The zero-order chi connectivity index (χ0) is 14.8. The average Bonchev–Trinajstić information content (AvgIpc) is 2.85. The van der Waals surface area contributed by atoms with Crippen molar-refractivity contribution >= 4 is 5.91 Å². The van der Waals surface area contributed by atoms with Crippen LogP contribution < -0.4 is 11.1 Å². The van der Waals surface area contributed by atoms with Gasteiger partial charge >= 0.3 is 0 Å². The quantitative estimate of drug-likeness (QED) is 0.766. The lowest BCUT2D eigenvalue weighted by molar-refractivity contribution is -0.126. The summed E-state index contributed by atoms with van der Waals surface area (Å²) in [6, 6.07) is 1.13. The third kappa shape index (κ3) is 3.15. The maximum absolute atomic E-state index is 11.9. The molecule has 5 nitrogen and oxygen atoms in total. The molecule has 0 bridgehead atoms. The molecule has 3 atom stereocenters. The lowest BCUT2D eigenvalue weighted by Crippen LogP contribution is -2.60. The summed E-state index contributed by atoms with van der Waals surface area (Å²) in [6.45, 7) is 2.28. The molecular weight excluding hydrogens is 252 g/mol. The number of carbonyl (C=O) groups excluding carboxylic acids is 1. The van der Waals surface area contributed by atoms with Crippen molar-refractivity contribution < 1.29 is 4.79 Å². The smallest absolute Gasteiger partial charge is 0.237 e. The Labute approximate surface area is 122 Å². The largest absolute Gasteiger partial charge is 0.368 e. The zero-order valence-electron chi connectivity index (χ0n) is 13.2. The molecule has 1 saturated heterocycles. The molecule has 3 unspecified atom stereocenters. The number of likely N-dealkylation sites (N-methyl/N-ethyl adjacent to an activating group) is 2. The fourth-order valence-electron chi connectivity index (χ4n) is 4.06. The van der Waals surface area contributed by atoms with Gasteiger partial charge in [0, 0.05) is 18.6 Å². The van der Waals surface area contributed by atoms with Gasteiger partial charge in [-0.05, 0) is 66.2 Å². The highest BCUT2D eigenvalue weighted by molar-refractivity contribution is 5.84. The van der Waals surface area contributed by atoms with Crippen LogP contribution in [0.3, 0.4) is 0 Å². The van der Waals surface area contributed by atoms with Gasteiger partial charge in [-0.15, -0.1) is 0 Å². The second kappa shape index (κ2) is 6.41. The molecule has 3 N–H and O–H groups in total. The first kappa shape index (κ1) is 15.7. The minimum atomic E-state index is -0.492. The summed E-state index contributed by atoms with van der Waals surface area (Å²) in [5.74, 6) is -0.187. The van der Waals surface area contributed by atoms with Crippen LogP contribution in [0.15, 0.2) is 0 Å². The Morgan fingerprint density at radius 1 is 1.40 bits per heavy atom. The molecule has 2 rings (SSSR count). The van der Waals surface area contributed by atoms with Gasteiger partial charge < -0.3 is 16.0 Å². The number of hydrogen-bond donors (Lipinski definition) is 2. The second-order valence-corrected chi connectivity index (χ2v) is 6.74.